The van der Waals surface area contributed by atoms with Gasteiger partial charge in [0.05, 0.1) is 0 Å². The van der Waals surface area contributed by atoms with Gasteiger partial charge in [-0.15, -0.1) is 0 Å². The Balaban J connectivity index is 0.000000534. The average molecular weight is 344 g/mol. The SMILES string of the molecule is CC[Si](CC)(CC)N(C)c1ccccc1.CO[SiH](OC)OC. The van der Waals surface area contributed by atoms with Gasteiger partial charge < -0.3 is 17.8 Å². The Morgan fingerprint density at radius 1 is 0.864 bits per heavy atom. The van der Waals surface area contributed by atoms with Crippen molar-refractivity contribution in [3.05, 3.63) is 30.3 Å². The summed E-state index contributed by atoms with van der Waals surface area (Å²) in [5, 5.41) is 0. The molecule has 0 amide bonds. The van der Waals surface area contributed by atoms with Crippen LogP contribution >= 0.6 is 0 Å². The van der Waals surface area contributed by atoms with Gasteiger partial charge in [-0.25, -0.2) is 0 Å². The Kier molecular flexibility index (Phi) is 11.5. The number of hydrogen-bond donors (Lipinski definition) is 0. The van der Waals surface area contributed by atoms with E-state index in [0.717, 1.165) is 0 Å². The lowest BCUT2D eigenvalue weighted by Crippen LogP contribution is -2.50. The topological polar surface area (TPSA) is 30.9 Å². The maximum absolute atomic E-state index is 4.74. The first-order valence-electron chi connectivity index (χ1n) is 7.92. The first-order valence-corrected chi connectivity index (χ1v) is 11.9. The summed E-state index contributed by atoms with van der Waals surface area (Å²) < 4.78 is 16.8. The molecule has 0 saturated carbocycles. The van der Waals surface area contributed by atoms with Crippen molar-refractivity contribution in [1.82, 2.24) is 0 Å². The molecule has 0 bridgehead atoms. The van der Waals surface area contributed by atoms with Crippen molar-refractivity contribution in [3.8, 4) is 0 Å². The van der Waals surface area contributed by atoms with Gasteiger partial charge >= 0.3 is 9.53 Å². The lowest BCUT2D eigenvalue weighted by molar-refractivity contribution is 0.163. The molecule has 22 heavy (non-hydrogen) atoms. The van der Waals surface area contributed by atoms with Gasteiger partial charge in [0.2, 0.25) is 0 Å². The van der Waals surface area contributed by atoms with E-state index in [-0.39, 0.29) is 0 Å². The highest BCUT2D eigenvalue weighted by atomic mass is 28.3. The van der Waals surface area contributed by atoms with Gasteiger partial charge in [-0.3, -0.25) is 0 Å². The van der Waals surface area contributed by atoms with E-state index in [1.807, 2.05) is 0 Å². The minimum Gasteiger partial charge on any atom is -0.400 e. The van der Waals surface area contributed by atoms with Crippen LogP contribution in [0.2, 0.25) is 18.1 Å². The zero-order chi connectivity index (χ0) is 17.0. The maximum atomic E-state index is 4.74. The average Bonchev–Trinajstić information content (AvgIpc) is 2.60. The van der Waals surface area contributed by atoms with E-state index >= 15 is 0 Å². The Morgan fingerprint density at radius 2 is 1.27 bits per heavy atom. The van der Waals surface area contributed by atoms with E-state index in [4.69, 9.17) is 13.3 Å². The number of nitrogens with zero attached hydrogens (tertiary/aromatic N) is 1. The van der Waals surface area contributed by atoms with Crippen LogP contribution in [-0.4, -0.2) is 46.1 Å². The zero-order valence-electron chi connectivity index (χ0n) is 15.3. The van der Waals surface area contributed by atoms with E-state index in [1.54, 1.807) is 21.3 Å². The molecule has 0 unspecified atom stereocenters. The summed E-state index contributed by atoms with van der Waals surface area (Å²) in [4.78, 5) is 0. The van der Waals surface area contributed by atoms with Crippen molar-refractivity contribution in [2.75, 3.05) is 32.9 Å². The number of anilines is 1. The van der Waals surface area contributed by atoms with Crippen molar-refractivity contribution in [3.63, 3.8) is 0 Å². The van der Waals surface area contributed by atoms with Crippen LogP contribution in [0, 0.1) is 0 Å². The molecule has 0 aliphatic carbocycles. The van der Waals surface area contributed by atoms with Gasteiger partial charge in [-0.1, -0.05) is 39.0 Å². The Morgan fingerprint density at radius 3 is 1.55 bits per heavy atom. The molecule has 1 aromatic carbocycles. The molecular formula is C16H33NO3Si2. The summed E-state index contributed by atoms with van der Waals surface area (Å²) in [6, 6.07) is 14.8. The molecule has 0 aliphatic heterocycles. The van der Waals surface area contributed by atoms with Crippen LogP contribution in [0.1, 0.15) is 20.8 Å². The highest BCUT2D eigenvalue weighted by Gasteiger charge is 2.32. The molecule has 0 fully saturated rings. The number of benzene rings is 1. The minimum atomic E-state index is -1.67. The van der Waals surface area contributed by atoms with Gasteiger partial charge in [0.15, 0.2) is 8.24 Å². The lowest BCUT2D eigenvalue weighted by atomic mass is 10.3. The monoisotopic (exact) mass is 343 g/mol. The predicted octanol–water partition coefficient (Wildman–Crippen LogP) is 3.77. The summed E-state index contributed by atoms with van der Waals surface area (Å²) in [5.41, 5.74) is 1.38. The molecular weight excluding hydrogens is 310 g/mol. The summed E-state index contributed by atoms with van der Waals surface area (Å²) in [7, 11) is 4.10. The first-order chi connectivity index (χ1) is 10.5. The number of rotatable bonds is 8. The number of hydrogen-bond acceptors (Lipinski definition) is 4. The minimum absolute atomic E-state index is 1.23. The molecule has 1 aromatic rings. The second kappa shape index (κ2) is 11.8. The van der Waals surface area contributed by atoms with Crippen LogP contribution in [0.25, 0.3) is 0 Å². The third-order valence-corrected chi connectivity index (χ3v) is 11.2. The van der Waals surface area contributed by atoms with Crippen molar-refractivity contribution >= 4 is 23.5 Å². The van der Waals surface area contributed by atoms with Crippen LogP contribution < -0.4 is 4.57 Å². The van der Waals surface area contributed by atoms with E-state index in [2.05, 4.69) is 62.7 Å². The third-order valence-electron chi connectivity index (χ3n) is 4.41. The van der Waals surface area contributed by atoms with E-state index in [1.165, 1.54) is 23.8 Å². The van der Waals surface area contributed by atoms with Gasteiger partial charge in [0.1, 0.15) is 0 Å². The van der Waals surface area contributed by atoms with Crippen molar-refractivity contribution < 1.29 is 13.3 Å². The summed E-state index contributed by atoms with van der Waals surface area (Å²) in [6.45, 7) is 7.04. The smallest absolute Gasteiger partial charge is 0.400 e. The van der Waals surface area contributed by atoms with Crippen LogP contribution in [0.4, 0.5) is 5.69 Å². The Hall–Kier alpha value is -0.666. The van der Waals surface area contributed by atoms with Crippen molar-refractivity contribution in [1.29, 1.82) is 0 Å². The quantitative estimate of drug-likeness (QED) is 0.672. The van der Waals surface area contributed by atoms with E-state index in [9.17, 15) is 0 Å². The van der Waals surface area contributed by atoms with Crippen molar-refractivity contribution in [2.24, 2.45) is 0 Å². The molecule has 4 nitrogen and oxygen atoms in total. The van der Waals surface area contributed by atoms with Gasteiger partial charge in [0.25, 0.3) is 0 Å². The maximum Gasteiger partial charge on any atom is 0.483 e. The molecule has 0 aromatic heterocycles. The molecule has 0 saturated heterocycles. The fourth-order valence-corrected chi connectivity index (χ4v) is 6.87. The summed E-state index contributed by atoms with van der Waals surface area (Å²) >= 11 is 0. The molecule has 6 heteroatoms. The fraction of sp³-hybridized carbons (Fsp3) is 0.625. The molecule has 0 spiro atoms. The molecule has 0 heterocycles. The number of para-hydroxylation sites is 1. The Labute approximate surface area is 139 Å². The molecule has 0 N–H and O–H groups in total. The summed E-state index contributed by atoms with van der Waals surface area (Å²) in [5.74, 6) is 0. The lowest BCUT2D eigenvalue weighted by Gasteiger charge is -2.39. The molecule has 0 atom stereocenters. The predicted molar refractivity (Wildman–Crippen MR) is 100 cm³/mol. The molecule has 128 valence electrons. The Bertz CT molecular complexity index is 357. The van der Waals surface area contributed by atoms with Crippen LogP contribution in [0.3, 0.4) is 0 Å². The first kappa shape index (κ1) is 21.3. The van der Waals surface area contributed by atoms with Gasteiger partial charge in [0, 0.05) is 27.0 Å². The molecule has 1 rings (SSSR count). The van der Waals surface area contributed by atoms with E-state index < -0.39 is 17.8 Å². The van der Waals surface area contributed by atoms with Gasteiger partial charge in [-0.05, 0) is 37.3 Å². The highest BCUT2D eigenvalue weighted by molar-refractivity contribution is 6.83. The zero-order valence-corrected chi connectivity index (χ0v) is 17.4. The normalized spacial score (nSPS) is 11.1. The largest absolute Gasteiger partial charge is 0.483 e. The fourth-order valence-electron chi connectivity index (χ4n) is 2.68. The van der Waals surface area contributed by atoms with Crippen LogP contribution in [-0.2, 0) is 13.3 Å². The standard InChI is InChI=1S/C13H23NSi.C3H10O3Si/c1-5-15(6-2,7-3)14(4)13-11-9-8-10-12-13;1-4-7(5-2)6-3/h8-12H,5-7H2,1-4H3;7H,1-3H3. The third kappa shape index (κ3) is 6.22. The van der Waals surface area contributed by atoms with E-state index in [0.29, 0.717) is 0 Å². The summed E-state index contributed by atoms with van der Waals surface area (Å²) in [6.07, 6.45) is 0. The highest BCUT2D eigenvalue weighted by Crippen LogP contribution is 2.28. The molecule has 0 aliphatic rings. The second-order valence-electron chi connectivity index (χ2n) is 5.18. The van der Waals surface area contributed by atoms with Crippen molar-refractivity contribution in [2.45, 2.75) is 38.9 Å². The van der Waals surface area contributed by atoms with Crippen LogP contribution in [0.5, 0.6) is 0 Å². The second-order valence-corrected chi connectivity index (χ2v) is 12.4. The van der Waals surface area contributed by atoms with Gasteiger partial charge in [-0.2, -0.15) is 0 Å². The molecule has 0 radical (unpaired) electrons. The van der Waals surface area contributed by atoms with Crippen LogP contribution in [0.15, 0.2) is 30.3 Å².